The van der Waals surface area contributed by atoms with Gasteiger partial charge in [0, 0.05) is 81.0 Å². The van der Waals surface area contributed by atoms with E-state index in [0.29, 0.717) is 55.5 Å². The Bertz CT molecular complexity index is 3160. The third kappa shape index (κ3) is 5.69. The van der Waals surface area contributed by atoms with E-state index < -0.39 is 23.6 Å². The quantitative estimate of drug-likeness (QED) is 0.0670. The van der Waals surface area contributed by atoms with Gasteiger partial charge in [0.15, 0.2) is 0 Å². The molecule has 0 aromatic heterocycles. The van der Waals surface area contributed by atoms with Crippen LogP contribution >= 0.6 is 0 Å². The molecule has 9 aromatic rings. The van der Waals surface area contributed by atoms with Crippen molar-refractivity contribution in [2.75, 3.05) is 34.5 Å². The van der Waals surface area contributed by atoms with Crippen LogP contribution in [0.5, 0.6) is 0 Å². The van der Waals surface area contributed by atoms with Gasteiger partial charge in [0.25, 0.3) is 35.4 Å². The fraction of sp³-hybridized carbons (Fsp3) is 0.0385. The molecule has 64 heavy (non-hydrogen) atoms. The number of fused-ring (bicyclic) bond motifs is 2. The van der Waals surface area contributed by atoms with Crippen LogP contribution in [-0.2, 0) is 0 Å². The van der Waals surface area contributed by atoms with E-state index >= 15 is 0 Å². The summed E-state index contributed by atoms with van der Waals surface area (Å²) in [6.07, 6.45) is 0. The van der Waals surface area contributed by atoms with Crippen LogP contribution in [0.25, 0.3) is 43.1 Å². The van der Waals surface area contributed by atoms with Crippen LogP contribution in [0.1, 0.15) is 62.1 Å². The number of carbonyl (C=O) groups excluding carboxylic acids is 6. The first kappa shape index (κ1) is 38.1. The number of rotatable bonds is 8. The van der Waals surface area contributed by atoms with E-state index in [2.05, 4.69) is 21.3 Å². The summed E-state index contributed by atoms with van der Waals surface area (Å²) in [5, 5.41) is 17.6. The first-order chi connectivity index (χ1) is 31.1. The Morgan fingerprint density at radius 2 is 0.609 bits per heavy atom. The van der Waals surface area contributed by atoms with Crippen LogP contribution in [-0.4, -0.2) is 49.5 Å². The molecule has 308 valence electrons. The van der Waals surface area contributed by atoms with E-state index in [4.69, 9.17) is 0 Å². The minimum Gasteiger partial charge on any atom is -0.356 e. The molecule has 11 rings (SSSR count). The molecule has 4 N–H and O–H groups in total. The highest BCUT2D eigenvalue weighted by atomic mass is 16.2. The summed E-state index contributed by atoms with van der Waals surface area (Å²) >= 11 is 0. The summed E-state index contributed by atoms with van der Waals surface area (Å²) in [5.74, 6) is -2.14. The molecule has 0 saturated heterocycles. The van der Waals surface area contributed by atoms with Crippen LogP contribution in [0.2, 0.25) is 0 Å². The highest BCUT2D eigenvalue weighted by molar-refractivity contribution is 6.45. The maximum Gasteiger partial charge on any atom is 0.265 e. The van der Waals surface area contributed by atoms with Crippen LogP contribution in [0.4, 0.5) is 34.1 Å². The fourth-order valence-electron chi connectivity index (χ4n) is 9.16. The molecule has 0 fully saturated rings. The number of amides is 6. The summed E-state index contributed by atoms with van der Waals surface area (Å²) in [6.45, 7) is 0. The van der Waals surface area contributed by atoms with Gasteiger partial charge in [-0.3, -0.25) is 28.8 Å². The van der Waals surface area contributed by atoms with Gasteiger partial charge in [0.05, 0.1) is 11.4 Å². The molecule has 2 heterocycles. The minimum atomic E-state index is -0.445. The van der Waals surface area contributed by atoms with Crippen LogP contribution in [0.3, 0.4) is 0 Å². The number of benzene rings is 9. The second-order valence-corrected chi connectivity index (χ2v) is 15.7. The van der Waals surface area contributed by atoms with Crippen LogP contribution in [0, 0.1) is 0 Å². The lowest BCUT2D eigenvalue weighted by Crippen LogP contribution is -2.40. The van der Waals surface area contributed by atoms with E-state index in [0.717, 1.165) is 55.1 Å². The predicted molar refractivity (Wildman–Crippen MR) is 249 cm³/mol. The maximum absolute atomic E-state index is 14.3. The van der Waals surface area contributed by atoms with Gasteiger partial charge in [-0.25, -0.2) is 9.80 Å². The first-order valence-corrected chi connectivity index (χ1v) is 20.5. The molecule has 12 heteroatoms. The second kappa shape index (κ2) is 14.4. The lowest BCUT2D eigenvalue weighted by molar-refractivity contribution is 0.0877. The predicted octanol–water partition coefficient (Wildman–Crippen LogP) is 9.54. The summed E-state index contributed by atoms with van der Waals surface area (Å²) < 4.78 is 0. The van der Waals surface area contributed by atoms with E-state index in [1.807, 2.05) is 24.3 Å². The van der Waals surface area contributed by atoms with Gasteiger partial charge in [-0.15, -0.1) is 0 Å². The third-order valence-electron chi connectivity index (χ3n) is 12.2. The van der Waals surface area contributed by atoms with Gasteiger partial charge in [0.1, 0.15) is 0 Å². The SMILES string of the molecule is CNC(=O)c1ccc(Nc2ccc(N3C(=O)c4ccc5c6ccc7c8c(ccc(c9ccc(c4c59)C3=O)c86)C(=O)N(c3ccc(Nc4ccc(C(=O)NC)cc4)cc3)C7=O)cc2)cc1. The van der Waals surface area contributed by atoms with E-state index in [1.54, 1.807) is 135 Å². The number of hydrogen-bond donors (Lipinski definition) is 4. The fourth-order valence-corrected chi connectivity index (χ4v) is 9.16. The van der Waals surface area contributed by atoms with Gasteiger partial charge in [-0.1, -0.05) is 24.3 Å². The molecule has 0 unspecified atom stereocenters. The normalized spacial score (nSPS) is 13.3. The Labute approximate surface area is 364 Å². The van der Waals surface area contributed by atoms with Crippen molar-refractivity contribution in [3.05, 3.63) is 179 Å². The van der Waals surface area contributed by atoms with Crippen molar-refractivity contribution < 1.29 is 28.8 Å². The summed E-state index contributed by atoms with van der Waals surface area (Å²) in [7, 11) is 3.16. The standard InChI is InChI=1S/C52H34N6O6/c1-53-47(59)27-3-7-29(8-4-27)55-31-11-15-33(16-12-31)57-49(61)39-23-19-35-37-21-25-41-46-42(26-22-38(44(37)46)36-20-24-40(50(57)62)45(39)43(35)36)52(64)58(51(41)63)34-17-13-32(14-18-34)56-30-9-5-28(6-10-30)48(60)54-2/h3-26,55-56H,1-2H3,(H,53,59)(H,54,60). The molecule has 0 aliphatic carbocycles. The van der Waals surface area contributed by atoms with E-state index in [9.17, 15) is 28.8 Å². The number of hydrogen-bond acceptors (Lipinski definition) is 8. The van der Waals surface area contributed by atoms with Crippen molar-refractivity contribution in [3.63, 3.8) is 0 Å². The number of nitrogens with zero attached hydrogens (tertiary/aromatic N) is 2. The Morgan fingerprint density at radius 1 is 0.344 bits per heavy atom. The minimum absolute atomic E-state index is 0.179. The largest absolute Gasteiger partial charge is 0.356 e. The van der Waals surface area contributed by atoms with Crippen molar-refractivity contribution in [1.82, 2.24) is 10.6 Å². The molecule has 6 amide bonds. The van der Waals surface area contributed by atoms with Crippen molar-refractivity contribution in [1.29, 1.82) is 0 Å². The zero-order valence-corrected chi connectivity index (χ0v) is 34.2. The number of imide groups is 2. The highest BCUT2D eigenvalue weighted by Gasteiger charge is 2.38. The summed E-state index contributed by atoms with van der Waals surface area (Å²) in [5.41, 5.74) is 6.47. The summed E-state index contributed by atoms with van der Waals surface area (Å²) in [6, 6.07) is 42.6. The number of nitrogens with one attached hydrogen (secondary N) is 4. The molecule has 2 aliphatic rings. The number of anilines is 6. The van der Waals surface area contributed by atoms with Gasteiger partial charge < -0.3 is 21.3 Å². The lowest BCUT2D eigenvalue weighted by atomic mass is 9.82. The van der Waals surface area contributed by atoms with Crippen LogP contribution in [0.15, 0.2) is 146 Å². The number of carbonyl (C=O) groups is 6. The molecule has 0 spiro atoms. The zero-order chi connectivity index (χ0) is 44.0. The molecular weight excluding hydrogens is 805 g/mol. The van der Waals surface area contributed by atoms with Crippen molar-refractivity contribution >= 4 is 113 Å². The Kier molecular flexibility index (Phi) is 8.53. The van der Waals surface area contributed by atoms with Gasteiger partial charge >= 0.3 is 0 Å². The molecule has 9 aromatic carbocycles. The average Bonchev–Trinajstić information content (AvgIpc) is 3.33. The zero-order valence-electron chi connectivity index (χ0n) is 34.2. The molecule has 12 nitrogen and oxygen atoms in total. The summed E-state index contributed by atoms with van der Waals surface area (Å²) in [4.78, 5) is 83.6. The van der Waals surface area contributed by atoms with E-state index in [1.165, 1.54) is 9.80 Å². The molecule has 0 atom stereocenters. The Hall–Kier alpha value is -8.90. The van der Waals surface area contributed by atoms with Crippen LogP contribution < -0.4 is 31.1 Å². The van der Waals surface area contributed by atoms with Crippen molar-refractivity contribution in [3.8, 4) is 0 Å². The maximum atomic E-state index is 14.3. The molecular formula is C52H34N6O6. The monoisotopic (exact) mass is 838 g/mol. The molecule has 0 radical (unpaired) electrons. The van der Waals surface area contributed by atoms with Crippen molar-refractivity contribution in [2.45, 2.75) is 0 Å². The second-order valence-electron chi connectivity index (χ2n) is 15.7. The van der Waals surface area contributed by atoms with Gasteiger partial charge in [-0.2, -0.15) is 0 Å². The third-order valence-corrected chi connectivity index (χ3v) is 12.2. The van der Waals surface area contributed by atoms with E-state index in [-0.39, 0.29) is 11.8 Å². The van der Waals surface area contributed by atoms with Crippen molar-refractivity contribution in [2.24, 2.45) is 0 Å². The smallest absolute Gasteiger partial charge is 0.265 e. The van der Waals surface area contributed by atoms with Gasteiger partial charge in [0.2, 0.25) is 0 Å². The lowest BCUT2D eigenvalue weighted by Gasteiger charge is -2.30. The topological polar surface area (TPSA) is 157 Å². The average molecular weight is 839 g/mol. The Balaban J connectivity index is 0.913. The molecule has 0 saturated carbocycles. The molecule has 2 aliphatic heterocycles. The first-order valence-electron chi connectivity index (χ1n) is 20.5. The highest BCUT2D eigenvalue weighted by Crippen LogP contribution is 2.47. The molecule has 0 bridgehead atoms. The van der Waals surface area contributed by atoms with Gasteiger partial charge in [-0.05, 0) is 154 Å². The Morgan fingerprint density at radius 3 is 0.875 bits per heavy atom.